The van der Waals surface area contributed by atoms with Gasteiger partial charge in [-0.2, -0.15) is 0 Å². The maximum Gasteiger partial charge on any atom is 0.324 e. The van der Waals surface area contributed by atoms with E-state index >= 15 is 0 Å². The van der Waals surface area contributed by atoms with Crippen molar-refractivity contribution in [3.63, 3.8) is 0 Å². The third kappa shape index (κ3) is 1.80. The molecule has 0 amide bonds. The molecule has 66 valence electrons. The van der Waals surface area contributed by atoms with Crippen molar-refractivity contribution in [2.75, 3.05) is 6.54 Å². The summed E-state index contributed by atoms with van der Waals surface area (Å²) >= 11 is 1.19. The summed E-state index contributed by atoms with van der Waals surface area (Å²) in [4.78, 5) is 10.9. The van der Waals surface area contributed by atoms with Crippen LogP contribution >= 0.6 is 11.3 Å². The Morgan fingerprint density at radius 3 is 2.83 bits per heavy atom. The molecule has 0 aliphatic carbocycles. The van der Waals surface area contributed by atoms with Gasteiger partial charge in [-0.3, -0.25) is 10.1 Å². The molecule has 5 heteroatoms. The topological polar surface area (TPSA) is 69.2 Å². The van der Waals surface area contributed by atoms with Crippen LogP contribution in [0.3, 0.4) is 0 Å². The summed E-state index contributed by atoms with van der Waals surface area (Å²) in [6, 6.07) is 3.28. The van der Waals surface area contributed by atoms with Crippen LogP contribution in [0.1, 0.15) is 17.7 Å². The lowest BCUT2D eigenvalue weighted by Gasteiger charge is -2.01. The van der Waals surface area contributed by atoms with Crippen molar-refractivity contribution in [2.24, 2.45) is 5.73 Å². The number of rotatable bonds is 3. The highest BCUT2D eigenvalue weighted by Gasteiger charge is 2.12. The molecule has 1 unspecified atom stereocenters. The highest BCUT2D eigenvalue weighted by molar-refractivity contribution is 7.15. The summed E-state index contributed by atoms with van der Waals surface area (Å²) in [5.41, 5.74) is 5.43. The molecule has 0 fully saturated rings. The van der Waals surface area contributed by atoms with E-state index < -0.39 is 0 Å². The summed E-state index contributed by atoms with van der Waals surface area (Å²) in [7, 11) is 0. The molecule has 0 bridgehead atoms. The largest absolute Gasteiger partial charge is 0.330 e. The molecule has 0 saturated carbocycles. The first-order chi connectivity index (χ1) is 5.65. The first-order valence-corrected chi connectivity index (χ1v) is 4.41. The van der Waals surface area contributed by atoms with Gasteiger partial charge in [0.25, 0.3) is 0 Å². The minimum absolute atomic E-state index is 0.185. The van der Waals surface area contributed by atoms with Crippen LogP contribution in [0.4, 0.5) is 5.00 Å². The smallest absolute Gasteiger partial charge is 0.324 e. The van der Waals surface area contributed by atoms with E-state index in [1.54, 1.807) is 6.07 Å². The van der Waals surface area contributed by atoms with E-state index in [1.165, 1.54) is 17.4 Å². The average Bonchev–Trinajstić information content (AvgIpc) is 2.51. The van der Waals surface area contributed by atoms with Gasteiger partial charge < -0.3 is 5.73 Å². The third-order valence-corrected chi connectivity index (χ3v) is 2.90. The lowest BCUT2D eigenvalue weighted by atomic mass is 10.1. The van der Waals surface area contributed by atoms with Crippen LogP contribution < -0.4 is 5.73 Å². The second-order valence-electron chi connectivity index (χ2n) is 2.57. The van der Waals surface area contributed by atoms with Gasteiger partial charge in [-0.25, -0.2) is 0 Å². The van der Waals surface area contributed by atoms with Gasteiger partial charge in [-0.15, -0.1) is 0 Å². The number of hydrogen-bond acceptors (Lipinski definition) is 4. The molecule has 12 heavy (non-hydrogen) atoms. The maximum absolute atomic E-state index is 10.3. The fourth-order valence-electron chi connectivity index (χ4n) is 0.821. The molecule has 1 atom stereocenters. The molecule has 1 aromatic heterocycles. The van der Waals surface area contributed by atoms with Crippen molar-refractivity contribution in [1.82, 2.24) is 0 Å². The van der Waals surface area contributed by atoms with Crippen LogP contribution in [0.25, 0.3) is 0 Å². The first kappa shape index (κ1) is 9.15. The number of hydrogen-bond donors (Lipinski definition) is 1. The minimum atomic E-state index is -0.378. The van der Waals surface area contributed by atoms with Crippen LogP contribution in [0, 0.1) is 10.1 Å². The Kier molecular flexibility index (Phi) is 2.78. The Labute approximate surface area is 74.2 Å². The van der Waals surface area contributed by atoms with Crippen molar-refractivity contribution in [2.45, 2.75) is 12.8 Å². The van der Waals surface area contributed by atoms with Crippen molar-refractivity contribution < 1.29 is 4.92 Å². The number of nitrogens with two attached hydrogens (primary N) is 1. The molecule has 1 heterocycles. The Morgan fingerprint density at radius 1 is 1.75 bits per heavy atom. The molecule has 0 aromatic carbocycles. The quantitative estimate of drug-likeness (QED) is 0.577. The molecule has 0 radical (unpaired) electrons. The van der Waals surface area contributed by atoms with Crippen LogP contribution in [-0.2, 0) is 0 Å². The molecule has 0 aliphatic heterocycles. The monoisotopic (exact) mass is 186 g/mol. The van der Waals surface area contributed by atoms with Crippen molar-refractivity contribution >= 4 is 16.3 Å². The zero-order valence-corrected chi connectivity index (χ0v) is 7.50. The van der Waals surface area contributed by atoms with E-state index in [-0.39, 0.29) is 15.8 Å². The molecule has 4 nitrogen and oxygen atoms in total. The minimum Gasteiger partial charge on any atom is -0.330 e. The summed E-state index contributed by atoms with van der Waals surface area (Å²) in [6.45, 7) is 2.48. The van der Waals surface area contributed by atoms with Crippen molar-refractivity contribution in [3.05, 3.63) is 27.1 Å². The van der Waals surface area contributed by atoms with Crippen LogP contribution in [0.2, 0.25) is 0 Å². The van der Waals surface area contributed by atoms with Gasteiger partial charge >= 0.3 is 5.00 Å². The molecule has 0 spiro atoms. The normalized spacial score (nSPS) is 12.8. The predicted octanol–water partition coefficient (Wildman–Crippen LogP) is 1.72. The van der Waals surface area contributed by atoms with E-state index in [9.17, 15) is 10.1 Å². The van der Waals surface area contributed by atoms with E-state index in [1.807, 2.05) is 6.92 Å². The van der Waals surface area contributed by atoms with Crippen LogP contribution in [0.15, 0.2) is 12.1 Å². The first-order valence-electron chi connectivity index (χ1n) is 3.59. The van der Waals surface area contributed by atoms with Crippen molar-refractivity contribution in [3.8, 4) is 0 Å². The van der Waals surface area contributed by atoms with E-state index in [0.717, 1.165) is 4.88 Å². The Morgan fingerprint density at radius 2 is 2.42 bits per heavy atom. The molecular weight excluding hydrogens is 176 g/mol. The van der Waals surface area contributed by atoms with Gasteiger partial charge in [0.15, 0.2) is 0 Å². The number of nitrogens with zero attached hydrogens (tertiary/aromatic N) is 1. The van der Waals surface area contributed by atoms with E-state index in [0.29, 0.717) is 6.54 Å². The number of nitro groups is 1. The van der Waals surface area contributed by atoms with Gasteiger partial charge in [0, 0.05) is 16.9 Å². The second-order valence-corrected chi connectivity index (χ2v) is 3.66. The zero-order chi connectivity index (χ0) is 9.14. The highest BCUT2D eigenvalue weighted by atomic mass is 32.1. The van der Waals surface area contributed by atoms with Gasteiger partial charge in [-0.05, 0) is 12.6 Å². The summed E-state index contributed by atoms with van der Waals surface area (Å²) < 4.78 is 0. The Balaban J connectivity index is 2.84. The maximum atomic E-state index is 10.3. The fraction of sp³-hybridized carbons (Fsp3) is 0.429. The van der Waals surface area contributed by atoms with Crippen LogP contribution in [-0.4, -0.2) is 11.5 Å². The molecule has 0 saturated heterocycles. The SMILES string of the molecule is CC(CN)c1ccc([N+](=O)[O-])s1. The van der Waals surface area contributed by atoms with Crippen molar-refractivity contribution in [1.29, 1.82) is 0 Å². The van der Waals surface area contributed by atoms with Crippen LogP contribution in [0.5, 0.6) is 0 Å². The molecular formula is C7H10N2O2S. The highest BCUT2D eigenvalue weighted by Crippen LogP contribution is 2.28. The summed E-state index contributed by atoms with van der Waals surface area (Å²) in [6.07, 6.45) is 0. The fourth-order valence-corrected chi connectivity index (χ4v) is 1.71. The summed E-state index contributed by atoms with van der Waals surface area (Å²) in [5, 5.41) is 10.5. The van der Waals surface area contributed by atoms with Gasteiger partial charge in [0.2, 0.25) is 0 Å². The third-order valence-electron chi connectivity index (χ3n) is 1.63. The Hall–Kier alpha value is -0.940. The standard InChI is InChI=1S/C7H10N2O2S/c1-5(4-8)6-2-3-7(12-6)9(10)11/h2-3,5H,4,8H2,1H3. The molecule has 1 rings (SSSR count). The predicted molar refractivity (Wildman–Crippen MR) is 48.4 cm³/mol. The lowest BCUT2D eigenvalue weighted by Crippen LogP contribution is -2.06. The summed E-state index contributed by atoms with van der Waals surface area (Å²) in [5.74, 6) is 0.212. The van der Waals surface area contributed by atoms with Gasteiger partial charge in [0.1, 0.15) is 0 Å². The van der Waals surface area contributed by atoms with Gasteiger partial charge in [-0.1, -0.05) is 18.3 Å². The lowest BCUT2D eigenvalue weighted by molar-refractivity contribution is -0.380. The average molecular weight is 186 g/mol. The van der Waals surface area contributed by atoms with E-state index in [2.05, 4.69) is 0 Å². The zero-order valence-electron chi connectivity index (χ0n) is 6.69. The van der Waals surface area contributed by atoms with E-state index in [4.69, 9.17) is 5.73 Å². The number of thiophene rings is 1. The molecule has 1 aromatic rings. The Bertz CT molecular complexity index is 285. The molecule has 2 N–H and O–H groups in total. The molecule has 0 aliphatic rings. The van der Waals surface area contributed by atoms with Gasteiger partial charge in [0.05, 0.1) is 4.92 Å². The second kappa shape index (κ2) is 3.64.